The maximum Gasteiger partial charge on any atom is 0.472 e. The minimum Gasteiger partial charge on any atom is -0.462 e. The molecular formula is C67H126O17P2. The van der Waals surface area contributed by atoms with Gasteiger partial charge in [0.05, 0.1) is 26.4 Å². The van der Waals surface area contributed by atoms with Crippen molar-refractivity contribution in [1.29, 1.82) is 0 Å². The van der Waals surface area contributed by atoms with E-state index in [2.05, 4.69) is 58.9 Å². The van der Waals surface area contributed by atoms with Crippen LogP contribution in [0, 0.1) is 5.92 Å². The van der Waals surface area contributed by atoms with Gasteiger partial charge in [0.2, 0.25) is 0 Å². The number of unbranched alkanes of at least 4 members (excludes halogenated alkanes) is 34. The second-order valence-electron chi connectivity index (χ2n) is 24.0. The van der Waals surface area contributed by atoms with Crippen LogP contribution in [0.3, 0.4) is 0 Å². The molecule has 0 aliphatic carbocycles. The van der Waals surface area contributed by atoms with Crippen molar-refractivity contribution in [2.75, 3.05) is 39.6 Å². The van der Waals surface area contributed by atoms with Crippen LogP contribution < -0.4 is 0 Å². The van der Waals surface area contributed by atoms with Crippen LogP contribution >= 0.6 is 15.6 Å². The van der Waals surface area contributed by atoms with E-state index >= 15 is 0 Å². The Morgan fingerprint density at radius 1 is 0.360 bits per heavy atom. The minimum atomic E-state index is -4.96. The monoisotopic (exact) mass is 1260 g/mol. The zero-order valence-electron chi connectivity index (χ0n) is 54.9. The fourth-order valence-electron chi connectivity index (χ4n) is 9.57. The fraction of sp³-hybridized carbons (Fsp3) is 0.881. The summed E-state index contributed by atoms with van der Waals surface area (Å²) in [5, 5.41) is 10.5. The van der Waals surface area contributed by atoms with Crippen LogP contribution in [0.25, 0.3) is 0 Å². The first kappa shape index (κ1) is 83.5. The van der Waals surface area contributed by atoms with Crippen LogP contribution in [-0.4, -0.2) is 96.7 Å². The first-order chi connectivity index (χ1) is 41.5. The molecule has 0 bridgehead atoms. The zero-order valence-corrected chi connectivity index (χ0v) is 56.7. The van der Waals surface area contributed by atoms with E-state index in [1.54, 1.807) is 0 Å². The number of hydrogen-bond acceptors (Lipinski definition) is 15. The lowest BCUT2D eigenvalue weighted by molar-refractivity contribution is -0.161. The van der Waals surface area contributed by atoms with Gasteiger partial charge in [-0.3, -0.25) is 37.3 Å². The number of hydrogen-bond donors (Lipinski definition) is 3. The van der Waals surface area contributed by atoms with Crippen LogP contribution in [0.1, 0.15) is 317 Å². The number of phosphoric ester groups is 2. The molecule has 0 aromatic carbocycles. The van der Waals surface area contributed by atoms with E-state index in [4.69, 9.17) is 37.0 Å². The predicted octanol–water partition coefficient (Wildman–Crippen LogP) is 18.5. The average molecular weight is 1270 g/mol. The highest BCUT2D eigenvalue weighted by Crippen LogP contribution is 2.45. The summed E-state index contributed by atoms with van der Waals surface area (Å²) in [5.41, 5.74) is 0. The number of esters is 4. The smallest absolute Gasteiger partial charge is 0.462 e. The van der Waals surface area contributed by atoms with E-state index in [1.165, 1.54) is 122 Å². The topological polar surface area (TPSA) is 237 Å². The van der Waals surface area contributed by atoms with Gasteiger partial charge in [-0.05, 0) is 57.3 Å². The third-order valence-corrected chi connectivity index (χ3v) is 16.8. The summed E-state index contributed by atoms with van der Waals surface area (Å²) in [6.45, 7) is 7.11. The maximum atomic E-state index is 13.0. The molecule has 0 aromatic heterocycles. The molecule has 86 heavy (non-hydrogen) atoms. The van der Waals surface area contributed by atoms with Crippen LogP contribution in [0.5, 0.6) is 0 Å². The molecule has 0 heterocycles. The van der Waals surface area contributed by atoms with Crippen LogP contribution in [-0.2, 0) is 65.4 Å². The van der Waals surface area contributed by atoms with Crippen molar-refractivity contribution in [3.05, 3.63) is 24.3 Å². The van der Waals surface area contributed by atoms with E-state index in [1.807, 2.05) is 0 Å². The highest BCUT2D eigenvalue weighted by Gasteiger charge is 2.30. The number of aliphatic hydroxyl groups excluding tert-OH is 1. The summed E-state index contributed by atoms with van der Waals surface area (Å²) in [4.78, 5) is 72.3. The quantitative estimate of drug-likeness (QED) is 0.0169. The molecule has 506 valence electrons. The molecule has 0 rings (SSSR count). The molecule has 0 amide bonds. The lowest BCUT2D eigenvalue weighted by atomic mass is 10.0. The number of allylic oxidation sites excluding steroid dienone is 4. The van der Waals surface area contributed by atoms with E-state index in [0.29, 0.717) is 25.7 Å². The molecule has 0 aliphatic rings. The zero-order chi connectivity index (χ0) is 63.5. The van der Waals surface area contributed by atoms with Gasteiger partial charge < -0.3 is 33.8 Å². The van der Waals surface area contributed by atoms with Gasteiger partial charge in [0.25, 0.3) is 0 Å². The van der Waals surface area contributed by atoms with Crippen molar-refractivity contribution in [2.45, 2.75) is 335 Å². The third-order valence-electron chi connectivity index (χ3n) is 14.9. The number of phosphoric acid groups is 2. The maximum absolute atomic E-state index is 13.0. The molecule has 0 radical (unpaired) electrons. The van der Waals surface area contributed by atoms with Crippen molar-refractivity contribution in [1.82, 2.24) is 0 Å². The summed E-state index contributed by atoms with van der Waals surface area (Å²) in [7, 11) is -9.90. The Labute approximate surface area is 522 Å². The van der Waals surface area contributed by atoms with E-state index in [0.717, 1.165) is 115 Å². The first-order valence-corrected chi connectivity index (χ1v) is 37.4. The van der Waals surface area contributed by atoms with Crippen molar-refractivity contribution in [3.63, 3.8) is 0 Å². The fourth-order valence-corrected chi connectivity index (χ4v) is 11.2. The summed E-state index contributed by atoms with van der Waals surface area (Å²) in [6.07, 6.45) is 48.0. The number of rotatable bonds is 65. The molecule has 0 spiro atoms. The number of carbonyl (C=O) groups is 4. The summed E-state index contributed by atoms with van der Waals surface area (Å²) < 4.78 is 68.0. The third kappa shape index (κ3) is 60.5. The molecule has 0 aromatic rings. The van der Waals surface area contributed by atoms with Gasteiger partial charge in [0.15, 0.2) is 12.2 Å². The number of carbonyl (C=O) groups excluding carboxylic acids is 4. The normalized spacial score (nSPS) is 14.3. The van der Waals surface area contributed by atoms with Gasteiger partial charge in [-0.1, -0.05) is 264 Å². The molecule has 5 atom stereocenters. The van der Waals surface area contributed by atoms with Gasteiger partial charge in [0.1, 0.15) is 19.3 Å². The lowest BCUT2D eigenvalue weighted by Gasteiger charge is -2.21. The van der Waals surface area contributed by atoms with E-state index < -0.39 is 97.5 Å². The van der Waals surface area contributed by atoms with Crippen molar-refractivity contribution in [3.8, 4) is 0 Å². The van der Waals surface area contributed by atoms with Gasteiger partial charge in [-0.2, -0.15) is 0 Å². The predicted molar refractivity (Wildman–Crippen MR) is 344 cm³/mol. The largest absolute Gasteiger partial charge is 0.472 e. The first-order valence-electron chi connectivity index (χ1n) is 34.5. The second-order valence-corrected chi connectivity index (χ2v) is 26.9. The summed E-state index contributed by atoms with van der Waals surface area (Å²) in [5.74, 6) is -1.40. The highest BCUT2D eigenvalue weighted by atomic mass is 31.2. The van der Waals surface area contributed by atoms with Crippen LogP contribution in [0.4, 0.5) is 0 Å². The van der Waals surface area contributed by atoms with Crippen LogP contribution in [0.2, 0.25) is 0 Å². The molecule has 2 unspecified atom stereocenters. The Morgan fingerprint density at radius 2 is 0.628 bits per heavy atom. The van der Waals surface area contributed by atoms with E-state index in [9.17, 15) is 43.2 Å². The van der Waals surface area contributed by atoms with Gasteiger partial charge in [-0.25, -0.2) is 9.13 Å². The van der Waals surface area contributed by atoms with E-state index in [-0.39, 0.29) is 25.7 Å². The Kier molecular flexibility index (Phi) is 58.4. The summed E-state index contributed by atoms with van der Waals surface area (Å²) in [6, 6.07) is 0. The van der Waals surface area contributed by atoms with Crippen molar-refractivity contribution in [2.24, 2.45) is 5.92 Å². The summed E-state index contributed by atoms with van der Waals surface area (Å²) >= 11 is 0. The molecule has 0 aliphatic heterocycles. The van der Waals surface area contributed by atoms with Crippen LogP contribution in [0.15, 0.2) is 24.3 Å². The Morgan fingerprint density at radius 3 is 0.953 bits per heavy atom. The molecular weight excluding hydrogens is 1140 g/mol. The second kappa shape index (κ2) is 60.1. The van der Waals surface area contributed by atoms with Gasteiger partial charge >= 0.3 is 39.5 Å². The molecule has 0 saturated carbocycles. The van der Waals surface area contributed by atoms with Crippen molar-refractivity contribution >= 4 is 39.5 Å². The number of ether oxygens (including phenoxy) is 4. The SMILES string of the molecule is CCCCCC/C=C\C=C/CCCCCCCC(=O)O[C@H](COC(=O)CCCCCCCCCCCCC(C)C)COP(=O)(O)OC[C@@H](O)COP(=O)(O)OC[C@@H](COC(=O)CCCCCCCCCC)OC(=O)CCCCCCCCCCCC. The molecule has 0 fully saturated rings. The number of aliphatic hydroxyl groups is 1. The Balaban J connectivity index is 5.26. The molecule has 19 heteroatoms. The van der Waals surface area contributed by atoms with Gasteiger partial charge in [0, 0.05) is 25.7 Å². The average Bonchev–Trinajstić information content (AvgIpc) is 3.68. The molecule has 3 N–H and O–H groups in total. The molecule has 0 saturated heterocycles. The minimum absolute atomic E-state index is 0.0849. The highest BCUT2D eigenvalue weighted by molar-refractivity contribution is 7.47. The van der Waals surface area contributed by atoms with Gasteiger partial charge in [-0.15, -0.1) is 0 Å². The Hall–Kier alpha value is -2.46. The standard InChI is InChI=1S/C67H126O17P2/c1-6-9-12-15-18-21-23-24-25-26-27-33-38-43-48-53-67(72)84-63(57-78-65(70)51-46-41-36-32-29-28-30-34-39-44-49-60(4)5)59-82-86(75,76)80-55-61(68)54-79-85(73,74)81-58-62(56-77-64(69)50-45-40-35-20-17-14-11-8-3)83-66(71)52-47-42-37-31-22-19-16-13-10-7-2/h21,23-25,60-63,68H,6-20,22,26-59H2,1-5H3,(H,73,74)(H,75,76)/b23-21-,25-24-/t61-,62+,63+/m0/s1. The molecule has 17 nitrogen and oxygen atoms in total. The Bertz CT molecular complexity index is 1760. The lowest BCUT2D eigenvalue weighted by Crippen LogP contribution is -2.30. The van der Waals surface area contributed by atoms with Crippen molar-refractivity contribution < 1.29 is 80.2 Å².